The Morgan fingerprint density at radius 1 is 1.24 bits per heavy atom. The zero-order chi connectivity index (χ0) is 17.8. The molecule has 0 unspecified atom stereocenters. The summed E-state index contributed by atoms with van der Waals surface area (Å²) in [4.78, 5) is 17.7. The first kappa shape index (κ1) is 17.3. The fourth-order valence-electron chi connectivity index (χ4n) is 2.04. The van der Waals surface area contributed by atoms with Gasteiger partial charge in [-0.25, -0.2) is 4.98 Å². The van der Waals surface area contributed by atoms with Gasteiger partial charge in [-0.1, -0.05) is 6.07 Å². The third-order valence-electron chi connectivity index (χ3n) is 3.14. The monoisotopic (exact) mass is 382 g/mol. The molecular weight excluding hydrogens is 370 g/mol. The molecule has 1 N–H and O–H groups in total. The number of methoxy groups -OCH3 is 1. The predicted octanol–water partition coefficient (Wildman–Crippen LogP) is 4.73. The van der Waals surface area contributed by atoms with Crippen molar-refractivity contribution in [2.75, 3.05) is 12.4 Å². The second-order valence-electron chi connectivity index (χ2n) is 4.71. The van der Waals surface area contributed by atoms with Gasteiger partial charge in [0.05, 0.1) is 17.7 Å². The third-order valence-corrected chi connectivity index (χ3v) is 4.79. The van der Waals surface area contributed by atoms with Gasteiger partial charge in [-0.15, -0.1) is 22.7 Å². The molecule has 3 rings (SSSR count). The molecule has 9 heteroatoms. The maximum Gasteiger partial charge on any atom is 0.387 e. The summed E-state index contributed by atoms with van der Waals surface area (Å²) in [6, 6.07) is 7.84. The number of carbonyl (C=O) groups is 1. The normalized spacial score (nSPS) is 10.7. The van der Waals surface area contributed by atoms with Gasteiger partial charge in [0.2, 0.25) is 0 Å². The zero-order valence-electron chi connectivity index (χ0n) is 12.9. The molecule has 2 aromatic heterocycles. The molecule has 0 fully saturated rings. The van der Waals surface area contributed by atoms with Crippen LogP contribution in [0.3, 0.4) is 0 Å². The van der Waals surface area contributed by atoms with Gasteiger partial charge in [-0.3, -0.25) is 10.1 Å². The maximum atomic E-state index is 12.3. The molecule has 130 valence electrons. The first-order valence-corrected chi connectivity index (χ1v) is 8.76. The molecule has 1 amide bonds. The fraction of sp³-hybridized carbons (Fsp3) is 0.125. The van der Waals surface area contributed by atoms with E-state index in [9.17, 15) is 13.6 Å². The Morgan fingerprint density at radius 2 is 2.08 bits per heavy atom. The molecule has 0 bridgehead atoms. The van der Waals surface area contributed by atoms with E-state index in [2.05, 4.69) is 15.0 Å². The Bertz CT molecular complexity index is 866. The number of hydrogen-bond donors (Lipinski definition) is 1. The van der Waals surface area contributed by atoms with Crippen molar-refractivity contribution >= 4 is 33.7 Å². The van der Waals surface area contributed by atoms with E-state index in [4.69, 9.17) is 4.74 Å². The molecule has 0 aliphatic rings. The number of nitrogens with zero attached hydrogens (tertiary/aromatic N) is 1. The summed E-state index contributed by atoms with van der Waals surface area (Å²) in [5.41, 5.74) is 1.03. The van der Waals surface area contributed by atoms with Crippen molar-refractivity contribution in [2.45, 2.75) is 6.61 Å². The molecule has 5 nitrogen and oxygen atoms in total. The largest absolute Gasteiger partial charge is 0.493 e. The number of carbonyl (C=O) groups excluding carboxylic acids is 1. The van der Waals surface area contributed by atoms with Gasteiger partial charge in [0, 0.05) is 10.9 Å². The van der Waals surface area contributed by atoms with Crippen LogP contribution < -0.4 is 14.8 Å². The lowest BCUT2D eigenvalue weighted by molar-refractivity contribution is -0.0512. The lowest BCUT2D eigenvalue weighted by Crippen LogP contribution is -2.12. The molecule has 0 atom stereocenters. The molecule has 0 spiro atoms. The number of nitrogens with one attached hydrogen (secondary N) is 1. The predicted molar refractivity (Wildman–Crippen MR) is 93.0 cm³/mol. The van der Waals surface area contributed by atoms with Crippen LogP contribution in [-0.2, 0) is 0 Å². The molecule has 25 heavy (non-hydrogen) atoms. The van der Waals surface area contributed by atoms with Crippen LogP contribution in [0.4, 0.5) is 13.9 Å². The Kier molecular flexibility index (Phi) is 5.25. The summed E-state index contributed by atoms with van der Waals surface area (Å²) in [5.74, 6) is -0.511. The Labute approximate surface area is 149 Å². The van der Waals surface area contributed by atoms with Gasteiger partial charge >= 0.3 is 6.61 Å². The number of alkyl halides is 2. The van der Waals surface area contributed by atoms with Crippen molar-refractivity contribution in [3.8, 4) is 22.1 Å². The molecule has 3 aromatic rings. The molecule has 0 aliphatic carbocycles. The highest BCUT2D eigenvalue weighted by Gasteiger charge is 2.15. The second kappa shape index (κ2) is 7.58. The number of benzene rings is 1. The standard InChI is InChI=1S/C16H12F2N2O3S2/c1-22-12-7-9(4-5-11(12)23-15(17)18)14(21)20-16-19-10(8-25-16)13-3-2-6-24-13/h2-8,15H,1H3,(H,19,20,21). The summed E-state index contributed by atoms with van der Waals surface area (Å²) >= 11 is 2.86. The average molecular weight is 382 g/mol. The van der Waals surface area contributed by atoms with Crippen molar-refractivity contribution in [2.24, 2.45) is 0 Å². The van der Waals surface area contributed by atoms with Crippen molar-refractivity contribution in [3.05, 3.63) is 46.7 Å². The van der Waals surface area contributed by atoms with E-state index in [1.807, 2.05) is 22.9 Å². The molecule has 0 aliphatic heterocycles. The molecular formula is C16H12F2N2O3S2. The number of aromatic nitrogens is 1. The van der Waals surface area contributed by atoms with Gasteiger partial charge in [-0.05, 0) is 29.6 Å². The van der Waals surface area contributed by atoms with Crippen LogP contribution in [-0.4, -0.2) is 24.6 Å². The highest BCUT2D eigenvalue weighted by molar-refractivity contribution is 7.16. The van der Waals surface area contributed by atoms with E-state index in [1.165, 1.54) is 36.6 Å². The average Bonchev–Trinajstić information content (AvgIpc) is 3.25. The first-order valence-electron chi connectivity index (χ1n) is 7.00. The summed E-state index contributed by atoms with van der Waals surface area (Å²) in [6.45, 7) is -2.97. The molecule has 0 saturated heterocycles. The number of halogens is 2. The Balaban J connectivity index is 1.75. The maximum absolute atomic E-state index is 12.3. The number of thiophene rings is 1. The van der Waals surface area contributed by atoms with Crippen LogP contribution in [0.15, 0.2) is 41.1 Å². The van der Waals surface area contributed by atoms with Crippen molar-refractivity contribution in [3.63, 3.8) is 0 Å². The number of amides is 1. The molecule has 1 aromatic carbocycles. The lowest BCUT2D eigenvalue weighted by Gasteiger charge is -2.11. The summed E-state index contributed by atoms with van der Waals surface area (Å²) in [7, 11) is 1.31. The van der Waals surface area contributed by atoms with E-state index in [-0.39, 0.29) is 17.1 Å². The minimum atomic E-state index is -2.97. The van der Waals surface area contributed by atoms with Crippen LogP contribution in [0.5, 0.6) is 11.5 Å². The van der Waals surface area contributed by atoms with Gasteiger partial charge in [0.1, 0.15) is 0 Å². The van der Waals surface area contributed by atoms with Crippen LogP contribution in [0.25, 0.3) is 10.6 Å². The van der Waals surface area contributed by atoms with E-state index in [0.717, 1.165) is 10.6 Å². The van der Waals surface area contributed by atoms with Crippen LogP contribution in [0, 0.1) is 0 Å². The fourth-order valence-corrected chi connectivity index (χ4v) is 3.51. The van der Waals surface area contributed by atoms with E-state index in [1.54, 1.807) is 11.3 Å². The van der Waals surface area contributed by atoms with Crippen LogP contribution >= 0.6 is 22.7 Å². The number of anilines is 1. The highest BCUT2D eigenvalue weighted by atomic mass is 32.1. The SMILES string of the molecule is COc1cc(C(=O)Nc2nc(-c3cccs3)cs2)ccc1OC(F)F. The quantitative estimate of drug-likeness (QED) is 0.669. The third kappa shape index (κ3) is 4.12. The highest BCUT2D eigenvalue weighted by Crippen LogP contribution is 2.31. The lowest BCUT2D eigenvalue weighted by atomic mass is 10.2. The van der Waals surface area contributed by atoms with E-state index >= 15 is 0 Å². The molecule has 0 radical (unpaired) electrons. The van der Waals surface area contributed by atoms with Crippen molar-refractivity contribution in [1.82, 2.24) is 4.98 Å². The number of hydrogen-bond acceptors (Lipinski definition) is 6. The minimum Gasteiger partial charge on any atom is -0.493 e. The first-order chi connectivity index (χ1) is 12.1. The van der Waals surface area contributed by atoms with Crippen LogP contribution in [0.1, 0.15) is 10.4 Å². The Morgan fingerprint density at radius 3 is 2.76 bits per heavy atom. The second-order valence-corrected chi connectivity index (χ2v) is 6.52. The number of rotatable bonds is 6. The van der Waals surface area contributed by atoms with Gasteiger partial charge in [0.15, 0.2) is 16.6 Å². The van der Waals surface area contributed by atoms with E-state index in [0.29, 0.717) is 5.13 Å². The summed E-state index contributed by atoms with van der Waals surface area (Å²) in [5, 5.41) is 6.92. The zero-order valence-corrected chi connectivity index (χ0v) is 14.5. The topological polar surface area (TPSA) is 60.5 Å². The smallest absolute Gasteiger partial charge is 0.387 e. The minimum absolute atomic E-state index is 0.0476. The van der Waals surface area contributed by atoms with Crippen LogP contribution in [0.2, 0.25) is 0 Å². The number of ether oxygens (including phenoxy) is 2. The molecule has 0 saturated carbocycles. The Hall–Kier alpha value is -2.52. The summed E-state index contributed by atoms with van der Waals surface area (Å²) in [6.07, 6.45) is 0. The van der Waals surface area contributed by atoms with Crippen molar-refractivity contribution < 1.29 is 23.0 Å². The molecule has 2 heterocycles. The van der Waals surface area contributed by atoms with Gasteiger partial charge < -0.3 is 9.47 Å². The van der Waals surface area contributed by atoms with Gasteiger partial charge in [-0.2, -0.15) is 8.78 Å². The van der Waals surface area contributed by atoms with E-state index < -0.39 is 12.5 Å². The summed E-state index contributed by atoms with van der Waals surface area (Å²) < 4.78 is 34.0. The van der Waals surface area contributed by atoms with Crippen molar-refractivity contribution in [1.29, 1.82) is 0 Å². The number of thiazole rings is 1. The van der Waals surface area contributed by atoms with Gasteiger partial charge in [0.25, 0.3) is 5.91 Å².